The van der Waals surface area contributed by atoms with Crippen molar-refractivity contribution in [2.45, 2.75) is 13.8 Å². The fourth-order valence-corrected chi connectivity index (χ4v) is 2.75. The highest BCUT2D eigenvalue weighted by Crippen LogP contribution is 2.21. The molecule has 2 amide bonds. The highest BCUT2D eigenvalue weighted by atomic mass is 35.5. The average Bonchev–Trinajstić information content (AvgIpc) is 3.24. The zero-order chi connectivity index (χ0) is 19.9. The molecule has 0 aliphatic rings. The van der Waals surface area contributed by atoms with Crippen molar-refractivity contribution in [1.29, 1.82) is 0 Å². The number of hydrogen-bond donors (Lipinski definition) is 2. The number of carbonyl (C=O) groups excluding carboxylic acids is 1. The second-order valence-electron chi connectivity index (χ2n) is 5.48. The van der Waals surface area contributed by atoms with Gasteiger partial charge >= 0.3 is 6.03 Å². The van der Waals surface area contributed by atoms with Crippen molar-refractivity contribution >= 4 is 39.9 Å². The number of rotatable bonds is 3. The van der Waals surface area contributed by atoms with E-state index in [-0.39, 0.29) is 0 Å². The van der Waals surface area contributed by atoms with Crippen molar-refractivity contribution in [3.63, 3.8) is 0 Å². The van der Waals surface area contributed by atoms with Gasteiger partial charge in [0, 0.05) is 17.8 Å². The van der Waals surface area contributed by atoms with E-state index in [0.717, 1.165) is 10.9 Å². The van der Waals surface area contributed by atoms with E-state index < -0.39 is 6.03 Å². The summed E-state index contributed by atoms with van der Waals surface area (Å²) >= 11 is 6.22. The van der Waals surface area contributed by atoms with Gasteiger partial charge in [0.1, 0.15) is 0 Å². The number of pyridine rings is 2. The van der Waals surface area contributed by atoms with Crippen molar-refractivity contribution in [2.24, 2.45) is 0 Å². The van der Waals surface area contributed by atoms with Crippen LogP contribution < -0.4 is 10.6 Å². The number of hydrogen-bond acceptors (Lipinski definition) is 4. The van der Waals surface area contributed by atoms with Crippen LogP contribution in [0, 0.1) is 0 Å². The Bertz CT molecular complexity index is 1080. The van der Waals surface area contributed by atoms with E-state index in [4.69, 9.17) is 11.6 Å². The smallest absolute Gasteiger partial charge is 0.306 e. The summed E-state index contributed by atoms with van der Waals surface area (Å²) in [6.45, 7) is 4.00. The number of aromatic nitrogens is 4. The van der Waals surface area contributed by atoms with Crippen LogP contribution >= 0.6 is 11.6 Å². The lowest BCUT2D eigenvalue weighted by Gasteiger charge is -2.09. The molecule has 2 N–H and O–H groups in total. The lowest BCUT2D eigenvalue weighted by molar-refractivity contribution is 0.262. The van der Waals surface area contributed by atoms with Gasteiger partial charge in [0.05, 0.1) is 34.3 Å². The molecule has 0 bridgehead atoms. The molecule has 0 aliphatic carbocycles. The van der Waals surface area contributed by atoms with Gasteiger partial charge in [-0.05, 0) is 24.3 Å². The third-order valence-corrected chi connectivity index (χ3v) is 3.93. The lowest BCUT2D eigenvalue weighted by atomic mass is 10.2. The van der Waals surface area contributed by atoms with Gasteiger partial charge in [0.25, 0.3) is 0 Å². The van der Waals surface area contributed by atoms with Gasteiger partial charge in [-0.1, -0.05) is 43.6 Å². The van der Waals surface area contributed by atoms with Crippen molar-refractivity contribution in [1.82, 2.24) is 19.7 Å². The molecule has 0 radical (unpaired) electrons. The summed E-state index contributed by atoms with van der Waals surface area (Å²) in [5.74, 6) is 0.487. The minimum atomic E-state index is -0.410. The molecule has 4 aromatic rings. The highest BCUT2D eigenvalue weighted by molar-refractivity contribution is 6.32. The average molecular weight is 395 g/mol. The van der Waals surface area contributed by atoms with E-state index in [1.54, 1.807) is 35.4 Å². The van der Waals surface area contributed by atoms with E-state index in [1.165, 1.54) is 6.20 Å². The number of fused-ring (bicyclic) bond motifs is 1. The molecule has 28 heavy (non-hydrogen) atoms. The first-order chi connectivity index (χ1) is 13.7. The van der Waals surface area contributed by atoms with E-state index in [2.05, 4.69) is 25.7 Å². The van der Waals surface area contributed by atoms with Crippen LogP contribution in [0.5, 0.6) is 0 Å². The number of amides is 2. The third kappa shape index (κ3) is 4.44. The van der Waals surface area contributed by atoms with Gasteiger partial charge in [-0.2, -0.15) is 5.10 Å². The SMILES string of the molecule is CC.O=C(Nc1cnc(-n2cccn2)c(Cl)c1)Nc1cnc2ccccc2c1. The molecular formula is C20H19ClN6O. The van der Waals surface area contributed by atoms with Gasteiger partial charge in [-0.15, -0.1) is 0 Å². The first-order valence-electron chi connectivity index (χ1n) is 8.77. The van der Waals surface area contributed by atoms with Gasteiger partial charge in [-0.3, -0.25) is 4.98 Å². The van der Waals surface area contributed by atoms with E-state index >= 15 is 0 Å². The van der Waals surface area contributed by atoms with Gasteiger partial charge in [0.15, 0.2) is 5.82 Å². The number of nitrogens with zero attached hydrogens (tertiary/aromatic N) is 4. The summed E-state index contributed by atoms with van der Waals surface area (Å²) in [5.41, 5.74) is 1.93. The molecule has 3 heterocycles. The standard InChI is InChI=1S/C18H13ClN6O.C2H6/c19-15-9-14(11-21-17(15)25-7-3-6-22-25)24-18(26)23-13-8-12-4-1-2-5-16(12)20-10-13;1-2/h1-11H,(H2,23,24,26);1-2H3. The molecule has 8 heteroatoms. The van der Waals surface area contributed by atoms with Crippen molar-refractivity contribution in [3.05, 3.63) is 72.3 Å². The normalized spacial score (nSPS) is 10.1. The van der Waals surface area contributed by atoms with E-state index in [9.17, 15) is 4.79 Å². The maximum Gasteiger partial charge on any atom is 0.323 e. The summed E-state index contributed by atoms with van der Waals surface area (Å²) in [5, 5.41) is 10.8. The van der Waals surface area contributed by atoms with Crippen LogP contribution in [-0.2, 0) is 0 Å². The first-order valence-corrected chi connectivity index (χ1v) is 9.15. The summed E-state index contributed by atoms with van der Waals surface area (Å²) in [7, 11) is 0. The minimum absolute atomic E-state index is 0.374. The molecule has 0 fully saturated rings. The van der Waals surface area contributed by atoms with Gasteiger partial charge in [-0.25, -0.2) is 14.5 Å². The topological polar surface area (TPSA) is 84.7 Å². The van der Waals surface area contributed by atoms with Crippen LogP contribution in [-0.4, -0.2) is 25.8 Å². The Morgan fingerprint density at radius 2 is 1.71 bits per heavy atom. The van der Waals surface area contributed by atoms with Crippen LogP contribution in [0.15, 0.2) is 67.3 Å². The second-order valence-corrected chi connectivity index (χ2v) is 5.88. The van der Waals surface area contributed by atoms with Crippen molar-refractivity contribution < 1.29 is 4.79 Å². The zero-order valence-electron chi connectivity index (χ0n) is 15.4. The molecule has 4 rings (SSSR count). The maximum absolute atomic E-state index is 12.2. The number of para-hydroxylation sites is 1. The summed E-state index contributed by atoms with van der Waals surface area (Å²) in [6, 6.07) is 12.5. The maximum atomic E-state index is 12.2. The lowest BCUT2D eigenvalue weighted by Crippen LogP contribution is -2.19. The second kappa shape index (κ2) is 8.96. The van der Waals surface area contributed by atoms with E-state index in [1.807, 2.05) is 44.2 Å². The fourth-order valence-electron chi connectivity index (χ4n) is 2.49. The Labute approximate surface area is 167 Å². The number of halogens is 1. The van der Waals surface area contributed by atoms with Crippen molar-refractivity contribution in [3.8, 4) is 5.82 Å². The molecule has 0 spiro atoms. The third-order valence-electron chi connectivity index (χ3n) is 3.65. The highest BCUT2D eigenvalue weighted by Gasteiger charge is 2.09. The van der Waals surface area contributed by atoms with Crippen LogP contribution in [0.1, 0.15) is 13.8 Å². The molecule has 0 unspecified atom stereocenters. The largest absolute Gasteiger partial charge is 0.323 e. The summed E-state index contributed by atoms with van der Waals surface area (Å²) in [6.07, 6.45) is 6.49. The zero-order valence-corrected chi connectivity index (χ0v) is 16.2. The molecule has 7 nitrogen and oxygen atoms in total. The molecular weight excluding hydrogens is 376 g/mol. The Morgan fingerprint density at radius 3 is 2.43 bits per heavy atom. The first kappa shape index (κ1) is 19.3. The number of anilines is 2. The van der Waals surface area contributed by atoms with Crippen LogP contribution in [0.2, 0.25) is 5.02 Å². The summed E-state index contributed by atoms with van der Waals surface area (Å²) < 4.78 is 1.55. The molecule has 0 saturated carbocycles. The van der Waals surface area contributed by atoms with Crippen molar-refractivity contribution in [2.75, 3.05) is 10.6 Å². The van der Waals surface area contributed by atoms with Gasteiger partial charge in [0.2, 0.25) is 0 Å². The monoisotopic (exact) mass is 394 g/mol. The Kier molecular flexibility index (Phi) is 6.18. The predicted octanol–water partition coefficient (Wildman–Crippen LogP) is 5.14. The number of carbonyl (C=O) groups is 1. The Balaban J connectivity index is 0.00000109. The van der Waals surface area contributed by atoms with Crippen LogP contribution in [0.3, 0.4) is 0 Å². The molecule has 142 valence electrons. The summed E-state index contributed by atoms with van der Waals surface area (Å²) in [4.78, 5) is 20.7. The number of benzene rings is 1. The molecule has 1 aromatic carbocycles. The molecule has 0 atom stereocenters. The fraction of sp³-hybridized carbons (Fsp3) is 0.100. The predicted molar refractivity (Wildman–Crippen MR) is 112 cm³/mol. The molecule has 0 saturated heterocycles. The molecule has 3 aromatic heterocycles. The number of urea groups is 1. The quantitative estimate of drug-likeness (QED) is 0.504. The van der Waals surface area contributed by atoms with Gasteiger partial charge < -0.3 is 10.6 Å². The Morgan fingerprint density at radius 1 is 1.00 bits per heavy atom. The Hall–Kier alpha value is -3.45. The number of nitrogens with one attached hydrogen (secondary N) is 2. The van der Waals surface area contributed by atoms with E-state index in [0.29, 0.717) is 22.2 Å². The molecule has 0 aliphatic heterocycles. The van der Waals surface area contributed by atoms with Crippen LogP contribution in [0.4, 0.5) is 16.2 Å². The minimum Gasteiger partial charge on any atom is -0.306 e. The van der Waals surface area contributed by atoms with Crippen LogP contribution in [0.25, 0.3) is 16.7 Å².